The Kier molecular flexibility index (Phi) is 4.66. The molecule has 0 saturated carbocycles. The molecule has 96 valence electrons. The van der Waals surface area contributed by atoms with E-state index < -0.39 is 0 Å². The lowest BCUT2D eigenvalue weighted by Gasteiger charge is -2.25. The van der Waals surface area contributed by atoms with E-state index in [1.165, 1.54) is 0 Å². The van der Waals surface area contributed by atoms with Gasteiger partial charge < -0.3 is 10.5 Å². The Labute approximate surface area is 104 Å². The van der Waals surface area contributed by atoms with Crippen molar-refractivity contribution in [2.24, 2.45) is 5.73 Å². The Morgan fingerprint density at radius 1 is 1.35 bits per heavy atom. The predicted molar refractivity (Wildman–Crippen MR) is 71.0 cm³/mol. The summed E-state index contributed by atoms with van der Waals surface area (Å²) < 4.78 is 5.40. The number of nitrogens with zero attached hydrogens (tertiary/aromatic N) is 1. The van der Waals surface area contributed by atoms with Crippen molar-refractivity contribution in [1.29, 1.82) is 0 Å². The van der Waals surface area contributed by atoms with Gasteiger partial charge in [0.05, 0.1) is 5.60 Å². The summed E-state index contributed by atoms with van der Waals surface area (Å²) >= 11 is 0. The van der Waals surface area contributed by atoms with Crippen LogP contribution in [-0.2, 0) is 4.74 Å². The second-order valence-electron chi connectivity index (χ2n) is 5.24. The quantitative estimate of drug-likeness (QED) is 0.855. The standard InChI is InChI=1S/C14H24N2O/c1-10-6-7-12(11(2)16-10)13(15)8-9-14(3,4)17-5/h6-7,13H,8-9,15H2,1-5H3. The lowest BCUT2D eigenvalue weighted by molar-refractivity contribution is 0.0124. The summed E-state index contributed by atoms with van der Waals surface area (Å²) in [4.78, 5) is 4.45. The lowest BCUT2D eigenvalue weighted by atomic mass is 9.95. The van der Waals surface area contributed by atoms with Crippen LogP contribution in [0.2, 0.25) is 0 Å². The van der Waals surface area contributed by atoms with E-state index in [4.69, 9.17) is 10.5 Å². The van der Waals surface area contributed by atoms with E-state index in [2.05, 4.69) is 24.9 Å². The highest BCUT2D eigenvalue weighted by atomic mass is 16.5. The van der Waals surface area contributed by atoms with Gasteiger partial charge in [-0.15, -0.1) is 0 Å². The van der Waals surface area contributed by atoms with E-state index in [1.54, 1.807) is 7.11 Å². The minimum Gasteiger partial charge on any atom is -0.379 e. The maximum Gasteiger partial charge on any atom is 0.0623 e. The second kappa shape index (κ2) is 5.61. The Bertz CT molecular complexity index is 374. The van der Waals surface area contributed by atoms with Crippen molar-refractivity contribution in [2.45, 2.75) is 52.2 Å². The van der Waals surface area contributed by atoms with E-state index in [-0.39, 0.29) is 11.6 Å². The molecule has 0 radical (unpaired) electrons. The zero-order valence-electron chi connectivity index (χ0n) is 11.6. The molecule has 0 saturated heterocycles. The van der Waals surface area contributed by atoms with Gasteiger partial charge in [0.25, 0.3) is 0 Å². The normalized spacial score (nSPS) is 13.8. The Hall–Kier alpha value is -0.930. The van der Waals surface area contributed by atoms with Crippen molar-refractivity contribution in [2.75, 3.05) is 7.11 Å². The molecule has 0 aliphatic carbocycles. The molecule has 0 aromatic carbocycles. The number of hydrogen-bond acceptors (Lipinski definition) is 3. The molecular weight excluding hydrogens is 212 g/mol. The molecule has 2 N–H and O–H groups in total. The number of rotatable bonds is 5. The molecule has 0 amide bonds. The van der Waals surface area contributed by atoms with Crippen LogP contribution in [-0.4, -0.2) is 17.7 Å². The highest BCUT2D eigenvalue weighted by Gasteiger charge is 2.19. The molecule has 1 heterocycles. The van der Waals surface area contributed by atoms with Crippen LogP contribution in [0.3, 0.4) is 0 Å². The van der Waals surface area contributed by atoms with Crippen LogP contribution in [0, 0.1) is 13.8 Å². The van der Waals surface area contributed by atoms with Crippen LogP contribution in [0.5, 0.6) is 0 Å². The maximum atomic E-state index is 6.21. The summed E-state index contributed by atoms with van der Waals surface area (Å²) in [5.41, 5.74) is 9.32. The molecule has 17 heavy (non-hydrogen) atoms. The number of methoxy groups -OCH3 is 1. The molecule has 1 rings (SSSR count). The van der Waals surface area contributed by atoms with Gasteiger partial charge in [0.1, 0.15) is 0 Å². The summed E-state index contributed by atoms with van der Waals surface area (Å²) in [6, 6.07) is 4.14. The van der Waals surface area contributed by atoms with Gasteiger partial charge in [-0.25, -0.2) is 0 Å². The number of hydrogen-bond donors (Lipinski definition) is 1. The summed E-state index contributed by atoms with van der Waals surface area (Å²) in [7, 11) is 1.74. The molecule has 0 fully saturated rings. The SMILES string of the molecule is COC(C)(C)CCC(N)c1ccc(C)nc1C. The van der Waals surface area contributed by atoms with Gasteiger partial charge in [0, 0.05) is 24.5 Å². The third-order valence-electron chi connectivity index (χ3n) is 3.28. The fourth-order valence-corrected chi connectivity index (χ4v) is 1.85. The van der Waals surface area contributed by atoms with Gasteiger partial charge >= 0.3 is 0 Å². The Morgan fingerprint density at radius 3 is 2.53 bits per heavy atom. The van der Waals surface area contributed by atoms with Crippen LogP contribution in [0.15, 0.2) is 12.1 Å². The summed E-state index contributed by atoms with van der Waals surface area (Å²) in [6.45, 7) is 8.18. The number of aryl methyl sites for hydroxylation is 2. The maximum absolute atomic E-state index is 6.21. The highest BCUT2D eigenvalue weighted by Crippen LogP contribution is 2.24. The molecule has 0 aliphatic heterocycles. The van der Waals surface area contributed by atoms with Crippen LogP contribution >= 0.6 is 0 Å². The smallest absolute Gasteiger partial charge is 0.0623 e. The lowest BCUT2D eigenvalue weighted by Crippen LogP contribution is -2.25. The first-order valence-corrected chi connectivity index (χ1v) is 6.10. The molecule has 3 heteroatoms. The monoisotopic (exact) mass is 236 g/mol. The average Bonchev–Trinajstić information content (AvgIpc) is 2.26. The average molecular weight is 236 g/mol. The number of aromatic nitrogens is 1. The highest BCUT2D eigenvalue weighted by molar-refractivity contribution is 5.24. The molecule has 1 unspecified atom stereocenters. The summed E-state index contributed by atoms with van der Waals surface area (Å²) in [6.07, 6.45) is 1.85. The van der Waals surface area contributed by atoms with E-state index in [9.17, 15) is 0 Å². The fraction of sp³-hybridized carbons (Fsp3) is 0.643. The van der Waals surface area contributed by atoms with Gasteiger partial charge in [-0.2, -0.15) is 0 Å². The van der Waals surface area contributed by atoms with Crippen molar-refractivity contribution in [3.05, 3.63) is 29.1 Å². The van der Waals surface area contributed by atoms with Crippen LogP contribution in [0.4, 0.5) is 0 Å². The van der Waals surface area contributed by atoms with Crippen LogP contribution in [0.1, 0.15) is 49.7 Å². The van der Waals surface area contributed by atoms with Crippen molar-refractivity contribution in [1.82, 2.24) is 4.98 Å². The van der Waals surface area contributed by atoms with Gasteiger partial charge in [-0.1, -0.05) is 6.07 Å². The summed E-state index contributed by atoms with van der Waals surface area (Å²) in [5.74, 6) is 0. The molecule has 1 aromatic rings. The minimum absolute atomic E-state index is 0.0394. The predicted octanol–water partition coefficient (Wildman–Crippen LogP) is 2.90. The third-order valence-corrected chi connectivity index (χ3v) is 3.28. The number of ether oxygens (including phenoxy) is 1. The van der Waals surface area contributed by atoms with E-state index in [1.807, 2.05) is 19.9 Å². The second-order valence-corrected chi connectivity index (χ2v) is 5.24. The van der Waals surface area contributed by atoms with Gasteiger partial charge in [-0.3, -0.25) is 4.98 Å². The summed E-state index contributed by atoms with van der Waals surface area (Å²) in [5, 5.41) is 0. The number of nitrogens with two attached hydrogens (primary N) is 1. The first-order valence-electron chi connectivity index (χ1n) is 6.10. The molecule has 0 bridgehead atoms. The van der Waals surface area contributed by atoms with Gasteiger partial charge in [0.2, 0.25) is 0 Å². The zero-order valence-corrected chi connectivity index (χ0v) is 11.6. The molecule has 0 spiro atoms. The molecular formula is C14H24N2O. The fourth-order valence-electron chi connectivity index (χ4n) is 1.85. The van der Waals surface area contributed by atoms with Crippen LogP contribution in [0.25, 0.3) is 0 Å². The Morgan fingerprint density at radius 2 is 2.00 bits per heavy atom. The van der Waals surface area contributed by atoms with Crippen LogP contribution < -0.4 is 5.73 Å². The zero-order chi connectivity index (χ0) is 13.1. The molecule has 3 nitrogen and oxygen atoms in total. The van der Waals surface area contributed by atoms with Crippen molar-refractivity contribution in [3.63, 3.8) is 0 Å². The van der Waals surface area contributed by atoms with Gasteiger partial charge in [0.15, 0.2) is 0 Å². The van der Waals surface area contributed by atoms with E-state index >= 15 is 0 Å². The van der Waals surface area contributed by atoms with Crippen molar-refractivity contribution in [3.8, 4) is 0 Å². The third kappa shape index (κ3) is 4.10. The van der Waals surface area contributed by atoms with Crippen molar-refractivity contribution < 1.29 is 4.74 Å². The largest absolute Gasteiger partial charge is 0.379 e. The molecule has 1 aromatic heterocycles. The van der Waals surface area contributed by atoms with Crippen molar-refractivity contribution >= 4 is 0 Å². The minimum atomic E-state index is -0.107. The van der Waals surface area contributed by atoms with E-state index in [0.717, 1.165) is 29.8 Å². The number of pyridine rings is 1. The van der Waals surface area contributed by atoms with E-state index in [0.29, 0.717) is 0 Å². The first kappa shape index (κ1) is 14.1. The molecule has 0 aliphatic rings. The first-order chi connectivity index (χ1) is 7.85. The van der Waals surface area contributed by atoms with Gasteiger partial charge in [-0.05, 0) is 52.2 Å². The Balaban J connectivity index is 2.67. The molecule has 1 atom stereocenters. The topological polar surface area (TPSA) is 48.1 Å².